The van der Waals surface area contributed by atoms with Crippen LogP contribution in [0.4, 0.5) is 5.82 Å². The topological polar surface area (TPSA) is 73.3 Å². The first-order chi connectivity index (χ1) is 7.69. The number of methoxy groups -OCH3 is 1. The highest BCUT2D eigenvalue weighted by atomic mass is 35.5. The minimum atomic E-state index is -0.544. The van der Waals surface area contributed by atoms with Crippen LogP contribution in [-0.2, 0) is 9.47 Å². The number of carbonyl (C=O) groups is 1. The monoisotopic (exact) mass is 243 g/mol. The Morgan fingerprint density at radius 3 is 2.94 bits per heavy atom. The number of nitrogens with one attached hydrogen (secondary N) is 1. The van der Waals surface area contributed by atoms with Gasteiger partial charge in [0.05, 0.1) is 26.4 Å². The summed E-state index contributed by atoms with van der Waals surface area (Å²) >= 11 is 5.69. The highest BCUT2D eigenvalue weighted by Gasteiger charge is 2.19. The molecule has 1 saturated heterocycles. The molecule has 1 fully saturated rings. The molecule has 16 heavy (non-hydrogen) atoms. The average molecular weight is 244 g/mol. The fourth-order valence-corrected chi connectivity index (χ4v) is 1.41. The SMILES string of the molecule is COC(=O)c1cc(NC2COC2)nc(Cl)n1. The highest BCUT2D eigenvalue weighted by molar-refractivity contribution is 6.28. The molecule has 0 unspecified atom stereocenters. The molecule has 0 saturated carbocycles. The number of aromatic nitrogens is 2. The van der Waals surface area contributed by atoms with Gasteiger partial charge in [0.2, 0.25) is 5.28 Å². The Bertz CT molecular complexity index is 409. The first-order valence-corrected chi connectivity index (χ1v) is 5.04. The van der Waals surface area contributed by atoms with Crippen molar-refractivity contribution in [3.63, 3.8) is 0 Å². The number of hydrogen-bond acceptors (Lipinski definition) is 6. The van der Waals surface area contributed by atoms with Crippen molar-refractivity contribution in [2.24, 2.45) is 0 Å². The summed E-state index contributed by atoms with van der Waals surface area (Å²) in [6, 6.07) is 1.70. The van der Waals surface area contributed by atoms with Crippen molar-refractivity contribution in [2.75, 3.05) is 25.6 Å². The summed E-state index contributed by atoms with van der Waals surface area (Å²) in [5.41, 5.74) is 0.130. The fraction of sp³-hybridized carbons (Fsp3) is 0.444. The zero-order valence-corrected chi connectivity index (χ0v) is 9.32. The predicted octanol–water partition coefficient (Wildman–Crippen LogP) is 0.727. The van der Waals surface area contributed by atoms with Crippen LogP contribution in [-0.4, -0.2) is 42.3 Å². The van der Waals surface area contributed by atoms with E-state index in [1.165, 1.54) is 13.2 Å². The van der Waals surface area contributed by atoms with Gasteiger partial charge in [0.25, 0.3) is 0 Å². The Morgan fingerprint density at radius 2 is 2.38 bits per heavy atom. The minimum absolute atomic E-state index is 0.00522. The number of anilines is 1. The van der Waals surface area contributed by atoms with Gasteiger partial charge in [0, 0.05) is 6.07 Å². The molecule has 0 bridgehead atoms. The van der Waals surface area contributed by atoms with Crippen molar-refractivity contribution in [2.45, 2.75) is 6.04 Å². The molecule has 0 spiro atoms. The van der Waals surface area contributed by atoms with Gasteiger partial charge in [-0.1, -0.05) is 0 Å². The van der Waals surface area contributed by atoms with Crippen molar-refractivity contribution in [1.82, 2.24) is 9.97 Å². The number of ether oxygens (including phenoxy) is 2. The number of halogens is 1. The van der Waals surface area contributed by atoms with Gasteiger partial charge in [-0.15, -0.1) is 0 Å². The third-order valence-corrected chi connectivity index (χ3v) is 2.25. The van der Waals surface area contributed by atoms with E-state index < -0.39 is 5.97 Å². The molecule has 0 aromatic carbocycles. The van der Waals surface area contributed by atoms with Crippen LogP contribution in [0.3, 0.4) is 0 Å². The molecule has 1 aromatic rings. The van der Waals surface area contributed by atoms with E-state index in [9.17, 15) is 4.79 Å². The van der Waals surface area contributed by atoms with Crippen LogP contribution in [0.5, 0.6) is 0 Å². The van der Waals surface area contributed by atoms with Crippen LogP contribution in [0.25, 0.3) is 0 Å². The molecule has 7 heteroatoms. The van der Waals surface area contributed by atoms with Gasteiger partial charge in [0.1, 0.15) is 5.82 Å². The molecular formula is C9H10ClN3O3. The summed E-state index contributed by atoms with van der Waals surface area (Å²) in [4.78, 5) is 19.0. The predicted molar refractivity (Wildman–Crippen MR) is 56.6 cm³/mol. The second kappa shape index (κ2) is 4.63. The van der Waals surface area contributed by atoms with Crippen LogP contribution in [0.1, 0.15) is 10.5 Å². The van der Waals surface area contributed by atoms with Crippen LogP contribution in [0, 0.1) is 0 Å². The van der Waals surface area contributed by atoms with Gasteiger partial charge in [-0.2, -0.15) is 0 Å². The van der Waals surface area contributed by atoms with E-state index in [0.717, 1.165) is 0 Å². The molecule has 0 amide bonds. The maximum Gasteiger partial charge on any atom is 0.356 e. The first-order valence-electron chi connectivity index (χ1n) is 4.66. The molecule has 6 nitrogen and oxygen atoms in total. The zero-order chi connectivity index (χ0) is 11.5. The van der Waals surface area contributed by atoms with Crippen LogP contribution >= 0.6 is 11.6 Å². The summed E-state index contributed by atoms with van der Waals surface area (Å²) in [6.45, 7) is 1.24. The van der Waals surface area contributed by atoms with Crippen molar-refractivity contribution in [3.8, 4) is 0 Å². The van der Waals surface area contributed by atoms with Crippen molar-refractivity contribution >= 4 is 23.4 Å². The number of rotatable bonds is 3. The summed E-state index contributed by atoms with van der Waals surface area (Å²) < 4.78 is 9.56. The number of nitrogens with zero attached hydrogens (tertiary/aromatic N) is 2. The number of esters is 1. The lowest BCUT2D eigenvalue weighted by Crippen LogP contribution is -2.40. The van der Waals surface area contributed by atoms with Gasteiger partial charge in [0.15, 0.2) is 5.69 Å². The Morgan fingerprint density at radius 1 is 1.62 bits per heavy atom. The Labute approximate surface area is 96.9 Å². The summed E-state index contributed by atoms with van der Waals surface area (Å²) in [5, 5.41) is 3.08. The first kappa shape index (κ1) is 11.1. The van der Waals surface area contributed by atoms with Crippen molar-refractivity contribution < 1.29 is 14.3 Å². The van der Waals surface area contributed by atoms with E-state index in [0.29, 0.717) is 19.0 Å². The second-order valence-corrected chi connectivity index (χ2v) is 3.62. The van der Waals surface area contributed by atoms with Crippen LogP contribution < -0.4 is 5.32 Å². The molecule has 2 heterocycles. The summed E-state index contributed by atoms with van der Waals surface area (Å²) in [6.07, 6.45) is 0. The van der Waals surface area contributed by atoms with E-state index in [4.69, 9.17) is 16.3 Å². The van der Waals surface area contributed by atoms with Crippen LogP contribution in [0.2, 0.25) is 5.28 Å². The normalized spacial score (nSPS) is 15.4. The van der Waals surface area contributed by atoms with Gasteiger partial charge in [-0.25, -0.2) is 14.8 Å². The van der Waals surface area contributed by atoms with E-state index in [1.807, 2.05) is 0 Å². The molecular weight excluding hydrogens is 234 g/mol. The lowest BCUT2D eigenvalue weighted by Gasteiger charge is -2.27. The standard InChI is InChI=1S/C9H10ClN3O3/c1-15-8(14)6-2-7(13-9(10)12-6)11-5-3-16-4-5/h2,5H,3-4H2,1H3,(H,11,12,13). The summed E-state index contributed by atoms with van der Waals surface area (Å²) in [5.74, 6) is -0.0501. The zero-order valence-electron chi connectivity index (χ0n) is 8.57. The molecule has 1 aliphatic heterocycles. The fourth-order valence-electron chi connectivity index (χ4n) is 1.23. The van der Waals surface area contributed by atoms with E-state index in [2.05, 4.69) is 20.0 Å². The van der Waals surface area contributed by atoms with Gasteiger partial charge in [-0.05, 0) is 11.6 Å². The molecule has 1 N–H and O–H groups in total. The molecule has 1 aliphatic rings. The lowest BCUT2D eigenvalue weighted by atomic mass is 10.2. The molecule has 1 aromatic heterocycles. The molecule has 0 atom stereocenters. The van der Waals surface area contributed by atoms with Crippen molar-refractivity contribution in [3.05, 3.63) is 17.0 Å². The Hall–Kier alpha value is -1.40. The molecule has 86 valence electrons. The minimum Gasteiger partial charge on any atom is -0.464 e. The third kappa shape index (κ3) is 2.40. The van der Waals surface area contributed by atoms with Crippen LogP contribution in [0.15, 0.2) is 6.07 Å². The lowest BCUT2D eigenvalue weighted by molar-refractivity contribution is 0.0209. The maximum atomic E-state index is 11.3. The second-order valence-electron chi connectivity index (χ2n) is 3.28. The number of hydrogen-bond donors (Lipinski definition) is 1. The summed E-state index contributed by atoms with van der Waals surface area (Å²) in [7, 11) is 1.28. The quantitative estimate of drug-likeness (QED) is 0.623. The smallest absolute Gasteiger partial charge is 0.356 e. The van der Waals surface area contributed by atoms with Gasteiger partial charge >= 0.3 is 5.97 Å². The largest absolute Gasteiger partial charge is 0.464 e. The van der Waals surface area contributed by atoms with Gasteiger partial charge < -0.3 is 14.8 Å². The molecule has 2 rings (SSSR count). The molecule has 0 aliphatic carbocycles. The highest BCUT2D eigenvalue weighted by Crippen LogP contribution is 2.14. The van der Waals surface area contributed by atoms with Gasteiger partial charge in [-0.3, -0.25) is 0 Å². The van der Waals surface area contributed by atoms with E-state index in [1.54, 1.807) is 0 Å². The molecule has 0 radical (unpaired) electrons. The van der Waals surface area contributed by atoms with E-state index >= 15 is 0 Å². The maximum absolute atomic E-state index is 11.3. The Kier molecular flexibility index (Phi) is 3.21. The Balaban J connectivity index is 2.17. The van der Waals surface area contributed by atoms with Crippen molar-refractivity contribution in [1.29, 1.82) is 0 Å². The average Bonchev–Trinajstić information content (AvgIpc) is 2.21. The third-order valence-electron chi connectivity index (χ3n) is 2.08. The number of carbonyl (C=O) groups excluding carboxylic acids is 1. The van der Waals surface area contributed by atoms with E-state index in [-0.39, 0.29) is 17.0 Å².